The van der Waals surface area contributed by atoms with E-state index in [4.69, 9.17) is 4.42 Å². The molecule has 6 aromatic rings. The van der Waals surface area contributed by atoms with Gasteiger partial charge in [-0.25, -0.2) is 0 Å². The van der Waals surface area contributed by atoms with Crippen LogP contribution in [0.3, 0.4) is 0 Å². The summed E-state index contributed by atoms with van der Waals surface area (Å²) in [5.41, 5.74) is 10.8. The highest BCUT2D eigenvalue weighted by Gasteiger charge is 2.32. The van der Waals surface area contributed by atoms with Crippen molar-refractivity contribution in [2.45, 2.75) is 0 Å². The number of hydrogen-bond acceptors (Lipinski definition) is 1. The minimum atomic E-state index is 0.162. The third-order valence-electron chi connectivity index (χ3n) is 6.78. The van der Waals surface area contributed by atoms with Crippen LogP contribution in [-0.4, -0.2) is 6.71 Å². The molecule has 2 heterocycles. The molecule has 0 saturated carbocycles. The molecule has 0 atom stereocenters. The summed E-state index contributed by atoms with van der Waals surface area (Å²) in [6, 6.07) is 41.3. The van der Waals surface area contributed by atoms with Crippen LogP contribution in [0.4, 0.5) is 0 Å². The van der Waals surface area contributed by atoms with E-state index in [0.717, 1.165) is 11.2 Å². The summed E-state index contributed by atoms with van der Waals surface area (Å²) >= 11 is 0. The molecule has 148 valence electrons. The maximum Gasteiger partial charge on any atom is 0.242 e. The summed E-state index contributed by atoms with van der Waals surface area (Å²) in [4.78, 5) is 0. The van der Waals surface area contributed by atoms with E-state index >= 15 is 0 Å². The summed E-state index contributed by atoms with van der Waals surface area (Å²) in [6.07, 6.45) is 0. The number of furan rings is 1. The fourth-order valence-corrected chi connectivity index (χ4v) is 5.42. The van der Waals surface area contributed by atoms with E-state index in [2.05, 4.69) is 109 Å². The average Bonchev–Trinajstić information content (AvgIpc) is 3.18. The van der Waals surface area contributed by atoms with Crippen LogP contribution >= 0.6 is 0 Å². The highest BCUT2D eigenvalue weighted by atomic mass is 16.3. The topological polar surface area (TPSA) is 13.1 Å². The number of benzene rings is 5. The number of para-hydroxylation sites is 1. The Morgan fingerprint density at radius 2 is 1.12 bits per heavy atom. The van der Waals surface area contributed by atoms with Gasteiger partial charge >= 0.3 is 0 Å². The molecule has 1 aromatic heterocycles. The zero-order valence-electron chi connectivity index (χ0n) is 17.5. The first kappa shape index (κ1) is 17.6. The molecule has 1 nitrogen and oxygen atoms in total. The molecule has 5 aromatic carbocycles. The molecular formula is C30H19BO. The lowest BCUT2D eigenvalue weighted by Crippen LogP contribution is -2.52. The first-order chi connectivity index (χ1) is 15.9. The molecule has 1 aliphatic rings. The van der Waals surface area contributed by atoms with Crippen LogP contribution in [0, 0.1) is 0 Å². The lowest BCUT2D eigenvalue weighted by Gasteiger charge is -2.17. The summed E-state index contributed by atoms with van der Waals surface area (Å²) in [5, 5.41) is 2.34. The Labute approximate surface area is 187 Å². The zero-order valence-corrected chi connectivity index (χ0v) is 17.5. The van der Waals surface area contributed by atoms with Gasteiger partial charge in [-0.05, 0) is 28.8 Å². The predicted octanol–water partition coefficient (Wildman–Crippen LogP) is 5.75. The van der Waals surface area contributed by atoms with Gasteiger partial charge in [0.05, 0.1) is 0 Å². The Bertz CT molecular complexity index is 1630. The maximum absolute atomic E-state index is 6.52. The first-order valence-corrected chi connectivity index (χ1v) is 11.1. The quantitative estimate of drug-likeness (QED) is 0.317. The van der Waals surface area contributed by atoms with Crippen LogP contribution in [0.5, 0.6) is 0 Å². The van der Waals surface area contributed by atoms with Gasteiger partial charge in [0.1, 0.15) is 11.2 Å². The smallest absolute Gasteiger partial charge is 0.242 e. The molecule has 32 heavy (non-hydrogen) atoms. The van der Waals surface area contributed by atoms with Crippen molar-refractivity contribution < 1.29 is 4.42 Å². The van der Waals surface area contributed by atoms with Gasteiger partial charge in [0.15, 0.2) is 0 Å². The van der Waals surface area contributed by atoms with Crippen molar-refractivity contribution in [1.82, 2.24) is 0 Å². The molecule has 0 amide bonds. The normalized spacial score (nSPS) is 12.3. The van der Waals surface area contributed by atoms with E-state index in [1.165, 1.54) is 49.4 Å². The second-order valence-electron chi connectivity index (χ2n) is 8.48. The molecule has 0 unspecified atom stereocenters. The van der Waals surface area contributed by atoms with Gasteiger partial charge < -0.3 is 4.42 Å². The molecule has 0 N–H and O–H groups in total. The Hall–Kier alpha value is -4.04. The Morgan fingerprint density at radius 3 is 1.97 bits per heavy atom. The van der Waals surface area contributed by atoms with Gasteiger partial charge in [0.2, 0.25) is 6.71 Å². The lowest BCUT2D eigenvalue weighted by molar-refractivity contribution is 0.670. The lowest BCUT2D eigenvalue weighted by atomic mass is 9.36. The van der Waals surface area contributed by atoms with Crippen molar-refractivity contribution in [3.8, 4) is 22.3 Å². The highest BCUT2D eigenvalue weighted by Crippen LogP contribution is 2.42. The van der Waals surface area contributed by atoms with Crippen LogP contribution in [-0.2, 0) is 0 Å². The zero-order chi connectivity index (χ0) is 21.1. The van der Waals surface area contributed by atoms with Crippen molar-refractivity contribution in [2.75, 3.05) is 0 Å². The maximum atomic E-state index is 6.52. The Kier molecular flexibility index (Phi) is 3.71. The minimum Gasteiger partial charge on any atom is -0.455 e. The van der Waals surface area contributed by atoms with Gasteiger partial charge in [0.25, 0.3) is 0 Å². The first-order valence-electron chi connectivity index (χ1n) is 11.1. The number of rotatable bonds is 1. The van der Waals surface area contributed by atoms with Crippen molar-refractivity contribution in [2.24, 2.45) is 0 Å². The Balaban J connectivity index is 1.67. The SMILES string of the molecule is c1ccc(B2c3ccccc3-c3ccc4c(oc5ccccc54)c3-c3ccccc32)cc1. The minimum absolute atomic E-state index is 0.162. The van der Waals surface area contributed by atoms with Crippen LogP contribution in [0.15, 0.2) is 120 Å². The van der Waals surface area contributed by atoms with Crippen LogP contribution < -0.4 is 16.4 Å². The van der Waals surface area contributed by atoms with Gasteiger partial charge in [-0.1, -0.05) is 120 Å². The van der Waals surface area contributed by atoms with Crippen LogP contribution in [0.1, 0.15) is 0 Å². The predicted molar refractivity (Wildman–Crippen MR) is 136 cm³/mol. The van der Waals surface area contributed by atoms with E-state index in [1.807, 2.05) is 6.07 Å². The molecule has 1 aliphatic heterocycles. The number of hydrogen-bond donors (Lipinski definition) is 0. The fraction of sp³-hybridized carbons (Fsp3) is 0. The molecule has 0 radical (unpaired) electrons. The third kappa shape index (κ3) is 2.41. The van der Waals surface area contributed by atoms with Crippen LogP contribution in [0.25, 0.3) is 44.2 Å². The third-order valence-corrected chi connectivity index (χ3v) is 6.78. The van der Waals surface area contributed by atoms with E-state index in [9.17, 15) is 0 Å². The second-order valence-corrected chi connectivity index (χ2v) is 8.48. The van der Waals surface area contributed by atoms with Crippen molar-refractivity contribution in [1.29, 1.82) is 0 Å². The van der Waals surface area contributed by atoms with Gasteiger partial charge in [0, 0.05) is 16.3 Å². The van der Waals surface area contributed by atoms with E-state index < -0.39 is 0 Å². The molecular weight excluding hydrogens is 387 g/mol. The summed E-state index contributed by atoms with van der Waals surface area (Å²) in [5.74, 6) is 0. The fourth-order valence-electron chi connectivity index (χ4n) is 5.42. The standard InChI is InChI=1S/C30H19BO/c1-2-10-20(11-3-1)31-26-15-7-4-12-21(26)23-18-19-24-22-13-6-9-17-28(22)32-30(24)29(23)25-14-5-8-16-27(25)31/h1-19H. The van der Waals surface area contributed by atoms with Gasteiger partial charge in [-0.2, -0.15) is 0 Å². The summed E-state index contributed by atoms with van der Waals surface area (Å²) in [6.45, 7) is 0.162. The van der Waals surface area contributed by atoms with Crippen molar-refractivity contribution in [3.05, 3.63) is 115 Å². The average molecular weight is 406 g/mol. The van der Waals surface area contributed by atoms with E-state index in [0.29, 0.717) is 0 Å². The summed E-state index contributed by atoms with van der Waals surface area (Å²) < 4.78 is 6.52. The molecule has 0 fully saturated rings. The number of fused-ring (bicyclic) bond motifs is 9. The van der Waals surface area contributed by atoms with E-state index in [1.54, 1.807) is 0 Å². The van der Waals surface area contributed by atoms with E-state index in [-0.39, 0.29) is 6.71 Å². The molecule has 2 heteroatoms. The van der Waals surface area contributed by atoms with Crippen LogP contribution in [0.2, 0.25) is 0 Å². The highest BCUT2D eigenvalue weighted by molar-refractivity contribution is 6.97. The molecule has 0 spiro atoms. The molecule has 0 bridgehead atoms. The summed E-state index contributed by atoms with van der Waals surface area (Å²) in [7, 11) is 0. The monoisotopic (exact) mass is 406 g/mol. The largest absolute Gasteiger partial charge is 0.455 e. The van der Waals surface area contributed by atoms with Gasteiger partial charge in [-0.3, -0.25) is 0 Å². The molecule has 0 saturated heterocycles. The molecule has 7 rings (SSSR count). The Morgan fingerprint density at radius 1 is 0.469 bits per heavy atom. The molecule has 0 aliphatic carbocycles. The van der Waals surface area contributed by atoms with Crippen molar-refractivity contribution in [3.63, 3.8) is 0 Å². The second kappa shape index (κ2) is 6.73. The van der Waals surface area contributed by atoms with Crippen molar-refractivity contribution >= 4 is 45.0 Å². The van der Waals surface area contributed by atoms with Gasteiger partial charge in [-0.15, -0.1) is 0 Å².